The highest BCUT2D eigenvalue weighted by atomic mass is 19.4. The van der Waals surface area contributed by atoms with Gasteiger partial charge in [-0.25, -0.2) is 4.39 Å². The van der Waals surface area contributed by atoms with Gasteiger partial charge in [0.25, 0.3) is 0 Å². The molecule has 0 unspecified atom stereocenters. The van der Waals surface area contributed by atoms with E-state index in [-0.39, 0.29) is 53.3 Å². The van der Waals surface area contributed by atoms with Crippen LogP contribution in [0.2, 0.25) is 0 Å². The van der Waals surface area contributed by atoms with Crippen LogP contribution in [0.4, 0.5) is 23.2 Å². The lowest BCUT2D eigenvalue weighted by molar-refractivity contribution is -0.139. The molecule has 1 saturated carbocycles. The molecule has 3 aromatic rings. The third-order valence-corrected chi connectivity index (χ3v) is 7.05. The molecular formula is C25H28F4N6O2. The van der Waals surface area contributed by atoms with E-state index in [1.807, 2.05) is 25.8 Å². The van der Waals surface area contributed by atoms with E-state index in [4.69, 9.17) is 4.52 Å². The Morgan fingerprint density at radius 2 is 2.08 bits per heavy atom. The summed E-state index contributed by atoms with van der Waals surface area (Å²) in [5.74, 6) is -0.173. The average molecular weight is 521 g/mol. The largest absolute Gasteiger partial charge is 0.406 e. The highest BCUT2D eigenvalue weighted by Gasteiger charge is 2.50. The van der Waals surface area contributed by atoms with Crippen LogP contribution in [0.1, 0.15) is 32.6 Å². The smallest absolute Gasteiger partial charge is 0.347 e. The van der Waals surface area contributed by atoms with E-state index in [0.29, 0.717) is 29.8 Å². The number of carbonyl (C=O) groups is 1. The summed E-state index contributed by atoms with van der Waals surface area (Å²) in [6.45, 7) is 3.57. The predicted molar refractivity (Wildman–Crippen MR) is 129 cm³/mol. The van der Waals surface area contributed by atoms with Crippen molar-refractivity contribution in [3.05, 3.63) is 30.2 Å². The third kappa shape index (κ3) is 5.39. The molecule has 0 bridgehead atoms. The van der Waals surface area contributed by atoms with Crippen LogP contribution in [0.15, 0.2) is 33.8 Å². The first-order valence-electron chi connectivity index (χ1n) is 12.1. The molecule has 1 aliphatic heterocycles. The summed E-state index contributed by atoms with van der Waals surface area (Å²) in [6.07, 6.45) is -4.54. The zero-order valence-electron chi connectivity index (χ0n) is 20.8. The quantitative estimate of drug-likeness (QED) is 0.478. The van der Waals surface area contributed by atoms with Crippen molar-refractivity contribution < 1.29 is 26.9 Å². The molecule has 3 heterocycles. The molecule has 5 rings (SSSR count). The second-order valence-corrected chi connectivity index (χ2v) is 10.5. The van der Waals surface area contributed by atoms with Crippen molar-refractivity contribution in [2.45, 2.75) is 52.1 Å². The van der Waals surface area contributed by atoms with Gasteiger partial charge in [-0.2, -0.15) is 18.2 Å². The zero-order chi connectivity index (χ0) is 26.5. The van der Waals surface area contributed by atoms with Crippen LogP contribution >= 0.6 is 0 Å². The fourth-order valence-electron chi connectivity index (χ4n) is 4.75. The van der Waals surface area contributed by atoms with E-state index in [0.717, 1.165) is 11.0 Å². The summed E-state index contributed by atoms with van der Waals surface area (Å²) in [4.78, 5) is 22.9. The first kappa shape index (κ1) is 25.4. The van der Waals surface area contributed by atoms with Crippen LogP contribution < -0.4 is 5.32 Å². The number of halogens is 4. The van der Waals surface area contributed by atoms with Gasteiger partial charge < -0.3 is 19.3 Å². The Morgan fingerprint density at radius 1 is 1.32 bits per heavy atom. The van der Waals surface area contributed by atoms with Crippen molar-refractivity contribution in [3.63, 3.8) is 0 Å². The Kier molecular flexibility index (Phi) is 6.33. The number of piperidine rings is 1. The second kappa shape index (κ2) is 9.23. The van der Waals surface area contributed by atoms with E-state index in [1.54, 1.807) is 18.2 Å². The molecule has 1 saturated heterocycles. The van der Waals surface area contributed by atoms with Crippen molar-refractivity contribution in [1.29, 1.82) is 0 Å². The lowest BCUT2D eigenvalue weighted by Gasteiger charge is -2.26. The predicted octanol–water partition coefficient (Wildman–Crippen LogP) is 4.66. The summed E-state index contributed by atoms with van der Waals surface area (Å²) in [6, 6.07) is 6.31. The molecular weight excluding hydrogens is 492 g/mol. The normalized spacial score (nSPS) is 23.1. The monoisotopic (exact) mass is 520 g/mol. The van der Waals surface area contributed by atoms with E-state index in [2.05, 4.69) is 20.4 Å². The number of hydrogen-bond acceptors (Lipinski definition) is 6. The number of nitrogens with zero attached hydrogens (tertiary/aromatic N) is 5. The fraction of sp³-hybridized carbons (Fsp3) is 0.520. The average Bonchev–Trinajstić information content (AvgIpc) is 3.12. The van der Waals surface area contributed by atoms with Gasteiger partial charge in [0.15, 0.2) is 6.17 Å². The van der Waals surface area contributed by atoms with Gasteiger partial charge >= 0.3 is 6.18 Å². The molecule has 1 aromatic carbocycles. The van der Waals surface area contributed by atoms with Gasteiger partial charge in [-0.15, -0.1) is 0 Å². The van der Waals surface area contributed by atoms with Crippen molar-refractivity contribution >= 4 is 28.2 Å². The Balaban J connectivity index is 1.47. The minimum Gasteiger partial charge on any atom is -0.347 e. The number of hydrogen-bond donors (Lipinski definition) is 1. The van der Waals surface area contributed by atoms with Crippen LogP contribution in [0.5, 0.6) is 0 Å². The van der Waals surface area contributed by atoms with Crippen LogP contribution in [-0.4, -0.2) is 63.7 Å². The Hall–Kier alpha value is -3.28. The Bertz CT molecular complexity index is 1360. The Morgan fingerprint density at radius 3 is 2.76 bits per heavy atom. The van der Waals surface area contributed by atoms with E-state index in [1.165, 1.54) is 6.07 Å². The lowest BCUT2D eigenvalue weighted by Crippen LogP contribution is -2.39. The van der Waals surface area contributed by atoms with Crippen LogP contribution in [0.25, 0.3) is 22.4 Å². The van der Waals surface area contributed by atoms with Crippen LogP contribution in [-0.2, 0) is 17.9 Å². The molecule has 2 fully saturated rings. The maximum Gasteiger partial charge on any atom is 0.406 e. The number of amides is 1. The summed E-state index contributed by atoms with van der Waals surface area (Å²) in [5.41, 5.74) is 1.06. The van der Waals surface area contributed by atoms with Gasteiger partial charge in [0, 0.05) is 30.8 Å². The highest BCUT2D eigenvalue weighted by Crippen LogP contribution is 2.51. The molecule has 2 atom stereocenters. The molecule has 8 nitrogen and oxygen atoms in total. The van der Waals surface area contributed by atoms with E-state index < -0.39 is 18.9 Å². The lowest BCUT2D eigenvalue weighted by atomic mass is 10.1. The summed E-state index contributed by atoms with van der Waals surface area (Å²) in [7, 11) is 1.82. The van der Waals surface area contributed by atoms with Gasteiger partial charge in [-0.1, -0.05) is 25.1 Å². The summed E-state index contributed by atoms with van der Waals surface area (Å²) in [5, 5.41) is 7.05. The van der Waals surface area contributed by atoms with E-state index >= 15 is 0 Å². The topological polar surface area (TPSA) is 88.6 Å². The number of likely N-dealkylation sites (tertiary alicyclic amines) is 1. The highest BCUT2D eigenvalue weighted by molar-refractivity contribution is 5.99. The van der Waals surface area contributed by atoms with Crippen molar-refractivity contribution in [2.24, 2.45) is 16.3 Å². The number of nitrogens with one attached hydrogen (secondary N) is 1. The molecule has 2 aliphatic rings. The number of aromatic nitrogens is 3. The van der Waals surface area contributed by atoms with Gasteiger partial charge in [0.05, 0.1) is 29.2 Å². The summed E-state index contributed by atoms with van der Waals surface area (Å²) < 4.78 is 61.5. The molecule has 1 aliphatic carbocycles. The van der Waals surface area contributed by atoms with Gasteiger partial charge in [-0.05, 0) is 37.1 Å². The van der Waals surface area contributed by atoms with Gasteiger partial charge in [0.2, 0.25) is 17.6 Å². The second-order valence-electron chi connectivity index (χ2n) is 10.5. The molecule has 2 aromatic heterocycles. The maximum atomic E-state index is 14.6. The zero-order valence-corrected chi connectivity index (χ0v) is 20.8. The number of alkyl halides is 4. The molecule has 0 spiro atoms. The SMILES string of the molecule is CN1CCC(=Nc2cccc3c2cc(-c2noc(CNC(=O)[C@@H]4CC4(C)C)n2)n3CC(F)(F)F)[C@@H](F)C1. The Labute approximate surface area is 210 Å². The third-order valence-electron chi connectivity index (χ3n) is 7.05. The van der Waals surface area contributed by atoms with Crippen molar-refractivity contribution in [1.82, 2.24) is 24.9 Å². The number of carbonyl (C=O) groups excluding carboxylic acids is 1. The van der Waals surface area contributed by atoms with Crippen molar-refractivity contribution in [2.75, 3.05) is 20.1 Å². The fourth-order valence-corrected chi connectivity index (χ4v) is 4.75. The minimum absolute atomic E-state index is 0.0247. The van der Waals surface area contributed by atoms with Gasteiger partial charge in [0.1, 0.15) is 6.54 Å². The number of aliphatic imine (C=N–C) groups is 1. The van der Waals surface area contributed by atoms with Gasteiger partial charge in [-0.3, -0.25) is 9.79 Å². The molecule has 1 amide bonds. The first-order valence-corrected chi connectivity index (χ1v) is 12.1. The number of benzene rings is 1. The molecule has 0 radical (unpaired) electrons. The first-order chi connectivity index (χ1) is 17.4. The van der Waals surface area contributed by atoms with Crippen molar-refractivity contribution in [3.8, 4) is 11.5 Å². The summed E-state index contributed by atoms with van der Waals surface area (Å²) >= 11 is 0. The van der Waals surface area contributed by atoms with Crippen LogP contribution in [0.3, 0.4) is 0 Å². The molecule has 37 heavy (non-hydrogen) atoms. The van der Waals surface area contributed by atoms with E-state index in [9.17, 15) is 22.4 Å². The molecule has 198 valence electrons. The number of rotatable bonds is 6. The molecule has 12 heteroatoms. The maximum absolute atomic E-state index is 14.6. The minimum atomic E-state index is -4.52. The number of fused-ring (bicyclic) bond motifs is 1. The van der Waals surface area contributed by atoms with Crippen LogP contribution in [0, 0.1) is 11.3 Å². The molecule has 1 N–H and O–H groups in total. The standard InChI is InChI=1S/C25H28F4N6O2/c1-24(2)10-15(24)23(36)30-11-21-32-22(33-37-21)20-9-14-17(31-18-7-8-34(3)12-16(18)26)5-4-6-19(14)35(20)13-25(27,28)29/h4-6,9,15-16H,7-8,10-13H2,1-3H3,(H,30,36)/t15-,16-/m0/s1.